The number of hydrogen-bond acceptors (Lipinski definition) is 4. The second-order valence-corrected chi connectivity index (χ2v) is 5.62. The summed E-state index contributed by atoms with van der Waals surface area (Å²) in [6.45, 7) is 0.655. The van der Waals surface area contributed by atoms with Crippen LogP contribution in [0.3, 0.4) is 0 Å². The summed E-state index contributed by atoms with van der Waals surface area (Å²) >= 11 is 0. The molecule has 3 heterocycles. The molecule has 0 saturated carbocycles. The maximum absolute atomic E-state index is 12.5. The molecule has 4 rings (SSSR count). The van der Waals surface area contributed by atoms with Gasteiger partial charge in [0.05, 0.1) is 18.3 Å². The smallest absolute Gasteiger partial charge is 0.188 e. The van der Waals surface area contributed by atoms with Crippen molar-refractivity contribution in [1.82, 2.24) is 25.0 Å². The Morgan fingerprint density at radius 1 is 1.08 bits per heavy atom. The van der Waals surface area contributed by atoms with Crippen molar-refractivity contribution in [2.45, 2.75) is 13.0 Å². The molecule has 3 aromatic heterocycles. The topological polar surface area (TPSA) is 76.5 Å². The first-order chi connectivity index (χ1) is 11.8. The Morgan fingerprint density at radius 2 is 1.92 bits per heavy atom. The Hall–Kier alpha value is -3.28. The lowest BCUT2D eigenvalue weighted by atomic mass is 10.1. The van der Waals surface area contributed by atoms with Crippen molar-refractivity contribution in [3.05, 3.63) is 78.0 Å². The van der Waals surface area contributed by atoms with Crippen LogP contribution in [0, 0.1) is 0 Å². The van der Waals surface area contributed by atoms with Gasteiger partial charge < -0.3 is 0 Å². The van der Waals surface area contributed by atoms with Crippen LogP contribution in [0.5, 0.6) is 0 Å². The predicted octanol–water partition coefficient (Wildman–Crippen LogP) is 2.63. The summed E-state index contributed by atoms with van der Waals surface area (Å²) in [5, 5.41) is 12.2. The number of hydrogen-bond donors (Lipinski definition) is 1. The largest absolute Gasteiger partial charge is 0.292 e. The van der Waals surface area contributed by atoms with Crippen LogP contribution in [-0.4, -0.2) is 30.7 Å². The van der Waals surface area contributed by atoms with E-state index in [0.717, 1.165) is 22.0 Å². The number of ketones is 1. The molecule has 0 aliphatic rings. The van der Waals surface area contributed by atoms with Crippen LogP contribution in [0.4, 0.5) is 0 Å². The van der Waals surface area contributed by atoms with Crippen molar-refractivity contribution in [2.24, 2.45) is 0 Å². The summed E-state index contributed by atoms with van der Waals surface area (Å²) in [4.78, 5) is 16.5. The van der Waals surface area contributed by atoms with Crippen molar-refractivity contribution in [3.8, 4) is 0 Å². The second kappa shape index (κ2) is 6.08. The Kier molecular flexibility index (Phi) is 3.63. The highest BCUT2D eigenvalue weighted by atomic mass is 16.1. The monoisotopic (exact) mass is 317 g/mol. The lowest BCUT2D eigenvalue weighted by Gasteiger charge is -2.00. The molecular weight excluding hydrogens is 302 g/mol. The fourth-order valence-electron chi connectivity index (χ4n) is 2.70. The molecule has 118 valence electrons. The average Bonchev–Trinajstić information content (AvgIpc) is 3.22. The molecule has 0 aliphatic carbocycles. The van der Waals surface area contributed by atoms with E-state index in [4.69, 9.17) is 0 Å². The number of pyridine rings is 1. The molecule has 4 aromatic rings. The lowest BCUT2D eigenvalue weighted by Crippen LogP contribution is -2.04. The Bertz CT molecular complexity index is 987. The summed E-state index contributed by atoms with van der Waals surface area (Å²) < 4.78 is 1.82. The number of benzene rings is 1. The van der Waals surface area contributed by atoms with Crippen LogP contribution >= 0.6 is 0 Å². The number of Topliss-reactive ketones (excluding diaryl/α,β-unsaturated/α-hetero) is 1. The van der Waals surface area contributed by atoms with E-state index in [1.165, 1.54) is 0 Å². The van der Waals surface area contributed by atoms with Gasteiger partial charge >= 0.3 is 0 Å². The number of H-pyrrole nitrogens is 1. The van der Waals surface area contributed by atoms with Crippen molar-refractivity contribution in [2.75, 3.05) is 0 Å². The first-order valence-electron chi connectivity index (χ1n) is 7.66. The molecule has 0 aliphatic heterocycles. The number of rotatable bonds is 5. The first kappa shape index (κ1) is 14.3. The molecule has 24 heavy (non-hydrogen) atoms. The van der Waals surface area contributed by atoms with Gasteiger partial charge in [-0.15, -0.1) is 0 Å². The fraction of sp³-hybridized carbons (Fsp3) is 0.111. The average molecular weight is 317 g/mol. The van der Waals surface area contributed by atoms with Gasteiger partial charge in [-0.25, -0.2) is 0 Å². The maximum Gasteiger partial charge on any atom is 0.188 e. The Balaban J connectivity index is 1.50. The number of nitrogens with zero attached hydrogens (tertiary/aromatic N) is 4. The molecular formula is C18H15N5O. The number of aromatic nitrogens is 5. The zero-order valence-electron chi connectivity index (χ0n) is 12.9. The van der Waals surface area contributed by atoms with Gasteiger partial charge in [0.15, 0.2) is 5.78 Å². The minimum absolute atomic E-state index is 0.0177. The van der Waals surface area contributed by atoms with E-state index in [9.17, 15) is 4.79 Å². The highest BCUT2D eigenvalue weighted by molar-refractivity contribution is 6.06. The van der Waals surface area contributed by atoms with E-state index >= 15 is 0 Å². The molecule has 1 aromatic carbocycles. The Labute approximate surface area is 138 Å². The van der Waals surface area contributed by atoms with E-state index in [2.05, 4.69) is 20.3 Å². The van der Waals surface area contributed by atoms with E-state index in [1.54, 1.807) is 18.6 Å². The first-order valence-corrected chi connectivity index (χ1v) is 7.66. The lowest BCUT2D eigenvalue weighted by molar-refractivity contribution is 0.0989. The molecule has 0 fully saturated rings. The quantitative estimate of drug-likeness (QED) is 0.574. The summed E-state index contributed by atoms with van der Waals surface area (Å²) in [7, 11) is 0. The number of carbonyl (C=O) groups is 1. The van der Waals surface area contributed by atoms with Crippen LogP contribution in [0.1, 0.15) is 21.6 Å². The van der Waals surface area contributed by atoms with Crippen LogP contribution in [0.25, 0.3) is 10.9 Å². The molecule has 0 bridgehead atoms. The standard InChI is InChI=1S/C18H15N5O/c24-17(18-15-3-1-2-4-16(15)21-22-18)9-14-10-20-23(12-14)11-13-5-7-19-8-6-13/h1-8,10,12H,9,11H2,(H,21,22). The van der Waals surface area contributed by atoms with E-state index in [-0.39, 0.29) is 12.2 Å². The number of para-hydroxylation sites is 1. The minimum atomic E-state index is -0.0177. The van der Waals surface area contributed by atoms with Gasteiger partial charge in [-0.1, -0.05) is 18.2 Å². The van der Waals surface area contributed by atoms with Gasteiger partial charge in [0.2, 0.25) is 0 Å². The van der Waals surface area contributed by atoms with Crippen molar-refractivity contribution in [3.63, 3.8) is 0 Å². The SMILES string of the molecule is O=C(Cc1cnn(Cc2ccncc2)c1)c1n[nH]c2ccccc12. The number of nitrogens with one attached hydrogen (secondary N) is 1. The summed E-state index contributed by atoms with van der Waals surface area (Å²) in [5.74, 6) is -0.0177. The van der Waals surface area contributed by atoms with Gasteiger partial charge in [-0.3, -0.25) is 19.6 Å². The molecule has 0 radical (unpaired) electrons. The molecule has 0 atom stereocenters. The van der Waals surface area contributed by atoms with E-state index < -0.39 is 0 Å². The molecule has 1 N–H and O–H groups in total. The van der Waals surface area contributed by atoms with Crippen LogP contribution < -0.4 is 0 Å². The van der Waals surface area contributed by atoms with Gasteiger partial charge in [-0.2, -0.15) is 10.2 Å². The third kappa shape index (κ3) is 2.81. The maximum atomic E-state index is 12.5. The highest BCUT2D eigenvalue weighted by Gasteiger charge is 2.15. The van der Waals surface area contributed by atoms with Crippen molar-refractivity contribution in [1.29, 1.82) is 0 Å². The second-order valence-electron chi connectivity index (χ2n) is 5.62. The number of carbonyl (C=O) groups excluding carboxylic acids is 1. The van der Waals surface area contributed by atoms with E-state index in [1.807, 2.05) is 47.3 Å². The molecule has 0 unspecified atom stereocenters. The van der Waals surface area contributed by atoms with Crippen LogP contribution in [0.2, 0.25) is 0 Å². The molecule has 6 heteroatoms. The third-order valence-corrected chi connectivity index (χ3v) is 3.88. The molecule has 0 saturated heterocycles. The van der Waals surface area contributed by atoms with Gasteiger partial charge in [0.1, 0.15) is 5.69 Å². The number of aromatic amines is 1. The van der Waals surface area contributed by atoms with Gasteiger partial charge in [-0.05, 0) is 29.3 Å². The predicted molar refractivity (Wildman–Crippen MR) is 89.7 cm³/mol. The zero-order chi connectivity index (χ0) is 16.4. The normalized spacial score (nSPS) is 11.0. The summed E-state index contributed by atoms with van der Waals surface area (Å²) in [5.41, 5.74) is 3.34. The van der Waals surface area contributed by atoms with Crippen molar-refractivity contribution < 1.29 is 4.79 Å². The third-order valence-electron chi connectivity index (χ3n) is 3.88. The zero-order valence-corrected chi connectivity index (χ0v) is 12.9. The van der Waals surface area contributed by atoms with Crippen molar-refractivity contribution >= 4 is 16.7 Å². The van der Waals surface area contributed by atoms with Gasteiger partial charge in [0.25, 0.3) is 0 Å². The summed E-state index contributed by atoms with van der Waals surface area (Å²) in [6, 6.07) is 11.5. The van der Waals surface area contributed by atoms with E-state index in [0.29, 0.717) is 12.2 Å². The molecule has 0 amide bonds. The fourth-order valence-corrected chi connectivity index (χ4v) is 2.70. The van der Waals surface area contributed by atoms with Crippen LogP contribution in [-0.2, 0) is 13.0 Å². The summed E-state index contributed by atoms with van der Waals surface area (Å²) in [6.07, 6.45) is 7.42. The number of fused-ring (bicyclic) bond motifs is 1. The Morgan fingerprint density at radius 3 is 2.79 bits per heavy atom. The van der Waals surface area contributed by atoms with Gasteiger partial charge in [0, 0.05) is 30.4 Å². The highest BCUT2D eigenvalue weighted by Crippen LogP contribution is 2.17. The molecule has 6 nitrogen and oxygen atoms in total. The van der Waals surface area contributed by atoms with Crippen LogP contribution in [0.15, 0.2) is 61.2 Å². The minimum Gasteiger partial charge on any atom is -0.292 e. The molecule has 0 spiro atoms.